The third kappa shape index (κ3) is 5.95. The van der Waals surface area contributed by atoms with Crippen molar-refractivity contribution in [3.8, 4) is 11.1 Å². The molecule has 2 aromatic carbocycles. The first-order valence-electron chi connectivity index (χ1n) is 8.14. The van der Waals surface area contributed by atoms with Crippen LogP contribution in [0.4, 0.5) is 4.79 Å². The van der Waals surface area contributed by atoms with E-state index in [4.69, 9.17) is 9.84 Å². The smallest absolute Gasteiger partial charge is 0.407 e. The number of nitrogens with one attached hydrogen (secondary N) is 1. The Morgan fingerprint density at radius 2 is 1.48 bits per heavy atom. The molecule has 5 nitrogen and oxygen atoms in total. The van der Waals surface area contributed by atoms with Crippen LogP contribution in [0.1, 0.15) is 36.7 Å². The number of hydrogen-bond acceptors (Lipinski definition) is 3. The Morgan fingerprint density at radius 3 is 1.96 bits per heavy atom. The van der Waals surface area contributed by atoms with E-state index in [-0.39, 0.29) is 5.56 Å². The molecular weight excluding hydrogens is 318 g/mol. The molecule has 0 saturated carbocycles. The first-order chi connectivity index (χ1) is 11.7. The first kappa shape index (κ1) is 18.5. The van der Waals surface area contributed by atoms with Crippen molar-refractivity contribution in [3.63, 3.8) is 0 Å². The molecule has 0 unspecified atom stereocenters. The van der Waals surface area contributed by atoms with Gasteiger partial charge in [0, 0.05) is 6.54 Å². The SMILES string of the molecule is CC(C)(C)OC(=O)NCCc1ccc(-c2ccc(C(=O)O)cc2)cc1. The van der Waals surface area contributed by atoms with Crippen LogP contribution in [0.15, 0.2) is 48.5 Å². The molecule has 25 heavy (non-hydrogen) atoms. The minimum Gasteiger partial charge on any atom is -0.478 e. The third-order valence-electron chi connectivity index (χ3n) is 3.50. The maximum absolute atomic E-state index is 11.6. The van der Waals surface area contributed by atoms with Gasteiger partial charge in [0.25, 0.3) is 0 Å². The van der Waals surface area contributed by atoms with Crippen LogP contribution < -0.4 is 5.32 Å². The lowest BCUT2D eigenvalue weighted by Crippen LogP contribution is -2.33. The molecule has 0 radical (unpaired) electrons. The Labute approximate surface area is 147 Å². The minimum atomic E-state index is -0.931. The van der Waals surface area contributed by atoms with Crippen molar-refractivity contribution >= 4 is 12.1 Å². The van der Waals surface area contributed by atoms with Crippen LogP contribution >= 0.6 is 0 Å². The lowest BCUT2D eigenvalue weighted by molar-refractivity contribution is 0.0528. The summed E-state index contributed by atoms with van der Waals surface area (Å²) in [5.74, 6) is -0.931. The van der Waals surface area contributed by atoms with Crippen LogP contribution in [0.25, 0.3) is 11.1 Å². The molecule has 0 aliphatic carbocycles. The van der Waals surface area contributed by atoms with Gasteiger partial charge in [-0.05, 0) is 56.0 Å². The number of carbonyl (C=O) groups is 2. The molecule has 5 heteroatoms. The molecule has 0 heterocycles. The third-order valence-corrected chi connectivity index (χ3v) is 3.50. The number of alkyl carbamates (subject to hydrolysis) is 1. The van der Waals surface area contributed by atoms with Gasteiger partial charge >= 0.3 is 12.1 Å². The number of amides is 1. The maximum Gasteiger partial charge on any atom is 0.407 e. The van der Waals surface area contributed by atoms with Gasteiger partial charge in [-0.1, -0.05) is 36.4 Å². The van der Waals surface area contributed by atoms with Gasteiger partial charge in [-0.3, -0.25) is 0 Å². The first-order valence-corrected chi connectivity index (χ1v) is 8.14. The number of rotatable bonds is 5. The summed E-state index contributed by atoms with van der Waals surface area (Å²) in [4.78, 5) is 22.5. The summed E-state index contributed by atoms with van der Waals surface area (Å²) in [6.07, 6.45) is 0.292. The number of hydrogen-bond donors (Lipinski definition) is 2. The van der Waals surface area contributed by atoms with Crippen LogP contribution in [0.2, 0.25) is 0 Å². The fourth-order valence-corrected chi connectivity index (χ4v) is 2.29. The highest BCUT2D eigenvalue weighted by atomic mass is 16.6. The van der Waals surface area contributed by atoms with Crippen LogP contribution in [0.3, 0.4) is 0 Å². The van der Waals surface area contributed by atoms with E-state index in [9.17, 15) is 9.59 Å². The molecule has 2 N–H and O–H groups in total. The van der Waals surface area contributed by atoms with Crippen LogP contribution in [0, 0.1) is 0 Å². The van der Waals surface area contributed by atoms with Gasteiger partial charge < -0.3 is 15.2 Å². The number of aromatic carboxylic acids is 1. The Kier molecular flexibility index (Phi) is 5.80. The standard InChI is InChI=1S/C20H23NO4/c1-20(2,3)25-19(24)21-13-12-14-4-6-15(7-5-14)16-8-10-17(11-9-16)18(22)23/h4-11H,12-13H2,1-3H3,(H,21,24)(H,22,23). The predicted molar refractivity (Wildman–Crippen MR) is 96.8 cm³/mol. The second-order valence-corrected chi connectivity index (χ2v) is 6.76. The highest BCUT2D eigenvalue weighted by molar-refractivity contribution is 5.88. The number of benzene rings is 2. The van der Waals surface area contributed by atoms with E-state index in [0.29, 0.717) is 13.0 Å². The zero-order chi connectivity index (χ0) is 18.4. The normalized spacial score (nSPS) is 11.0. The van der Waals surface area contributed by atoms with Crippen molar-refractivity contribution in [2.75, 3.05) is 6.54 Å². The van der Waals surface area contributed by atoms with E-state index in [2.05, 4.69) is 5.32 Å². The second kappa shape index (κ2) is 7.83. The number of carboxylic acid groups (broad SMARTS) is 1. The molecule has 132 valence electrons. The summed E-state index contributed by atoms with van der Waals surface area (Å²) in [5, 5.41) is 11.7. The summed E-state index contributed by atoms with van der Waals surface area (Å²) >= 11 is 0. The van der Waals surface area contributed by atoms with Crippen LogP contribution in [-0.4, -0.2) is 29.3 Å². The van der Waals surface area contributed by atoms with Gasteiger partial charge in [-0.25, -0.2) is 9.59 Å². The molecule has 2 aromatic rings. The van der Waals surface area contributed by atoms with E-state index >= 15 is 0 Å². The Hall–Kier alpha value is -2.82. The highest BCUT2D eigenvalue weighted by Crippen LogP contribution is 2.20. The van der Waals surface area contributed by atoms with E-state index < -0.39 is 17.7 Å². The van der Waals surface area contributed by atoms with E-state index in [1.165, 1.54) is 0 Å². The molecule has 2 rings (SSSR count). The molecular formula is C20H23NO4. The number of carboxylic acids is 1. The summed E-state index contributed by atoms with van der Waals surface area (Å²) in [7, 11) is 0. The fourth-order valence-electron chi connectivity index (χ4n) is 2.29. The Bertz CT molecular complexity index is 728. The topological polar surface area (TPSA) is 75.6 Å². The molecule has 0 aromatic heterocycles. The molecule has 0 fully saturated rings. The number of carbonyl (C=O) groups excluding carboxylic acids is 1. The molecule has 0 atom stereocenters. The molecule has 0 spiro atoms. The molecule has 1 amide bonds. The average Bonchev–Trinajstić information content (AvgIpc) is 2.54. The molecule has 0 saturated heterocycles. The Balaban J connectivity index is 1.89. The fraction of sp³-hybridized carbons (Fsp3) is 0.300. The number of ether oxygens (including phenoxy) is 1. The second-order valence-electron chi connectivity index (χ2n) is 6.76. The molecule has 0 aliphatic rings. The lowest BCUT2D eigenvalue weighted by atomic mass is 10.0. The van der Waals surface area contributed by atoms with E-state index in [0.717, 1.165) is 16.7 Å². The zero-order valence-electron chi connectivity index (χ0n) is 14.7. The predicted octanol–water partition coefficient (Wildman–Crippen LogP) is 4.12. The quantitative estimate of drug-likeness (QED) is 0.858. The monoisotopic (exact) mass is 341 g/mol. The summed E-state index contributed by atoms with van der Waals surface area (Å²) in [6, 6.07) is 14.7. The average molecular weight is 341 g/mol. The summed E-state index contributed by atoms with van der Waals surface area (Å²) < 4.78 is 5.19. The van der Waals surface area contributed by atoms with Crippen LogP contribution in [-0.2, 0) is 11.2 Å². The summed E-state index contributed by atoms with van der Waals surface area (Å²) in [5.41, 5.74) is 2.85. The minimum absolute atomic E-state index is 0.272. The van der Waals surface area contributed by atoms with Gasteiger partial charge in [0.1, 0.15) is 5.60 Å². The van der Waals surface area contributed by atoms with Gasteiger partial charge in [0.05, 0.1) is 5.56 Å². The van der Waals surface area contributed by atoms with Crippen LogP contribution in [0.5, 0.6) is 0 Å². The maximum atomic E-state index is 11.6. The van der Waals surface area contributed by atoms with Crippen molar-refractivity contribution in [2.45, 2.75) is 32.8 Å². The summed E-state index contributed by atoms with van der Waals surface area (Å²) in [6.45, 7) is 5.98. The van der Waals surface area contributed by atoms with Gasteiger partial charge in [-0.2, -0.15) is 0 Å². The van der Waals surface area contributed by atoms with Crippen molar-refractivity contribution in [1.82, 2.24) is 5.32 Å². The van der Waals surface area contributed by atoms with Crippen molar-refractivity contribution in [3.05, 3.63) is 59.7 Å². The largest absolute Gasteiger partial charge is 0.478 e. The van der Waals surface area contributed by atoms with Crippen molar-refractivity contribution in [2.24, 2.45) is 0 Å². The van der Waals surface area contributed by atoms with E-state index in [1.807, 2.05) is 45.0 Å². The lowest BCUT2D eigenvalue weighted by Gasteiger charge is -2.19. The highest BCUT2D eigenvalue weighted by Gasteiger charge is 2.15. The zero-order valence-corrected chi connectivity index (χ0v) is 14.7. The molecule has 0 bridgehead atoms. The Morgan fingerprint density at radius 1 is 0.960 bits per heavy atom. The van der Waals surface area contributed by atoms with Gasteiger partial charge in [0.2, 0.25) is 0 Å². The van der Waals surface area contributed by atoms with Gasteiger partial charge in [0.15, 0.2) is 0 Å². The van der Waals surface area contributed by atoms with Crippen molar-refractivity contribution in [1.29, 1.82) is 0 Å². The van der Waals surface area contributed by atoms with E-state index in [1.54, 1.807) is 24.3 Å². The van der Waals surface area contributed by atoms with Gasteiger partial charge in [-0.15, -0.1) is 0 Å². The molecule has 0 aliphatic heterocycles. The van der Waals surface area contributed by atoms with Crippen molar-refractivity contribution < 1.29 is 19.4 Å².